The van der Waals surface area contributed by atoms with E-state index in [2.05, 4.69) is 4.98 Å². The first-order chi connectivity index (χ1) is 7.58. The van der Waals surface area contributed by atoms with Crippen LogP contribution in [-0.4, -0.2) is 26.7 Å². The lowest BCUT2D eigenvalue weighted by atomic mass is 10.2. The maximum Gasteiger partial charge on any atom is 0.332 e. The zero-order chi connectivity index (χ0) is 11.7. The summed E-state index contributed by atoms with van der Waals surface area (Å²) in [6.07, 6.45) is 0.583. The van der Waals surface area contributed by atoms with E-state index in [1.807, 2.05) is 0 Å². The molecule has 1 aliphatic heterocycles. The number of aliphatic carboxylic acids is 1. The summed E-state index contributed by atoms with van der Waals surface area (Å²) in [6, 6.07) is 1.19. The van der Waals surface area contributed by atoms with Gasteiger partial charge in [0, 0.05) is 12.3 Å². The number of nitrogens with one attached hydrogen (secondary N) is 1. The van der Waals surface area contributed by atoms with Crippen LogP contribution in [0.25, 0.3) is 0 Å². The number of aromatic nitrogens is 2. The van der Waals surface area contributed by atoms with Crippen molar-refractivity contribution in [3.8, 4) is 0 Å². The largest absolute Gasteiger partial charge is 0.479 e. The van der Waals surface area contributed by atoms with Gasteiger partial charge in [-0.3, -0.25) is 14.3 Å². The number of H-pyrrole nitrogens is 1. The monoisotopic (exact) mass is 226 g/mol. The molecule has 7 heteroatoms. The van der Waals surface area contributed by atoms with Crippen molar-refractivity contribution in [1.82, 2.24) is 9.55 Å². The highest BCUT2D eigenvalue weighted by Gasteiger charge is 2.31. The van der Waals surface area contributed by atoms with Gasteiger partial charge in [-0.1, -0.05) is 0 Å². The van der Waals surface area contributed by atoms with Crippen molar-refractivity contribution in [2.45, 2.75) is 25.2 Å². The van der Waals surface area contributed by atoms with Gasteiger partial charge in [0.05, 0.1) is 0 Å². The molecule has 0 amide bonds. The standard InChI is InChI=1S/C9H10N2O5/c12-6-3-4-11(9(15)10-6)7-2-1-5(16-7)8(13)14/h3-5,7H,1-2H2,(H,13,14)(H,10,12,15)/t5-,7+/m0/s1. The van der Waals surface area contributed by atoms with Gasteiger partial charge in [0.15, 0.2) is 6.10 Å². The second-order valence-electron chi connectivity index (χ2n) is 3.51. The molecular formula is C9H10N2O5. The van der Waals surface area contributed by atoms with Crippen LogP contribution < -0.4 is 11.2 Å². The van der Waals surface area contributed by atoms with Crippen molar-refractivity contribution >= 4 is 5.97 Å². The van der Waals surface area contributed by atoms with Crippen LogP contribution in [0.4, 0.5) is 0 Å². The first-order valence-electron chi connectivity index (χ1n) is 4.77. The van der Waals surface area contributed by atoms with E-state index in [1.54, 1.807) is 0 Å². The van der Waals surface area contributed by atoms with E-state index in [-0.39, 0.29) is 0 Å². The Balaban J connectivity index is 2.24. The second kappa shape index (κ2) is 3.93. The minimum atomic E-state index is -1.04. The first-order valence-corrected chi connectivity index (χ1v) is 4.77. The minimum Gasteiger partial charge on any atom is -0.479 e. The molecule has 1 aliphatic rings. The summed E-state index contributed by atoms with van der Waals surface area (Å²) >= 11 is 0. The Morgan fingerprint density at radius 1 is 1.50 bits per heavy atom. The van der Waals surface area contributed by atoms with Crippen molar-refractivity contribution in [3.05, 3.63) is 33.1 Å². The van der Waals surface area contributed by atoms with Crippen LogP contribution in [0.15, 0.2) is 21.9 Å². The van der Waals surface area contributed by atoms with E-state index < -0.39 is 29.6 Å². The molecule has 1 saturated heterocycles. The molecule has 0 spiro atoms. The molecule has 0 radical (unpaired) electrons. The molecule has 0 unspecified atom stereocenters. The maximum absolute atomic E-state index is 11.4. The molecule has 1 aromatic heterocycles. The molecule has 0 aromatic carbocycles. The Hall–Kier alpha value is -1.89. The van der Waals surface area contributed by atoms with Crippen molar-refractivity contribution in [2.75, 3.05) is 0 Å². The fraction of sp³-hybridized carbons (Fsp3) is 0.444. The Morgan fingerprint density at radius 2 is 2.25 bits per heavy atom. The molecule has 2 rings (SSSR count). The van der Waals surface area contributed by atoms with E-state index in [4.69, 9.17) is 9.84 Å². The smallest absolute Gasteiger partial charge is 0.332 e. The number of carboxylic acids is 1. The Bertz CT molecular complexity index is 517. The van der Waals surface area contributed by atoms with Gasteiger partial charge in [0.1, 0.15) is 6.23 Å². The van der Waals surface area contributed by atoms with Crippen LogP contribution in [-0.2, 0) is 9.53 Å². The lowest BCUT2D eigenvalue weighted by Crippen LogP contribution is -2.32. The lowest BCUT2D eigenvalue weighted by Gasteiger charge is -2.13. The average molecular weight is 226 g/mol. The molecule has 86 valence electrons. The van der Waals surface area contributed by atoms with Crippen LogP contribution in [0.3, 0.4) is 0 Å². The fourth-order valence-corrected chi connectivity index (χ4v) is 1.66. The SMILES string of the molecule is O=C(O)[C@@H]1CC[C@H](n2ccc(=O)[nH]c2=O)O1. The molecule has 1 fully saturated rings. The van der Waals surface area contributed by atoms with Gasteiger partial charge < -0.3 is 9.84 Å². The summed E-state index contributed by atoms with van der Waals surface area (Å²) in [7, 11) is 0. The molecule has 2 atom stereocenters. The number of nitrogens with zero attached hydrogens (tertiary/aromatic N) is 1. The zero-order valence-corrected chi connectivity index (χ0v) is 8.25. The third-order valence-corrected chi connectivity index (χ3v) is 2.43. The summed E-state index contributed by atoms with van der Waals surface area (Å²) in [4.78, 5) is 34.9. The molecule has 2 N–H and O–H groups in total. The van der Waals surface area contributed by atoms with Gasteiger partial charge in [-0.05, 0) is 12.8 Å². The van der Waals surface area contributed by atoms with E-state index in [0.717, 1.165) is 0 Å². The first kappa shape index (κ1) is 10.6. The highest BCUT2D eigenvalue weighted by molar-refractivity contribution is 5.72. The number of ether oxygens (including phenoxy) is 1. The summed E-state index contributed by atoms with van der Waals surface area (Å²) in [5, 5.41) is 8.72. The number of aromatic amines is 1. The quantitative estimate of drug-likeness (QED) is 0.694. The van der Waals surface area contributed by atoms with Gasteiger partial charge in [-0.2, -0.15) is 0 Å². The van der Waals surface area contributed by atoms with Gasteiger partial charge in [0.25, 0.3) is 5.56 Å². The number of hydrogen-bond acceptors (Lipinski definition) is 4. The van der Waals surface area contributed by atoms with Crippen LogP contribution in [0.1, 0.15) is 19.1 Å². The van der Waals surface area contributed by atoms with E-state index in [0.29, 0.717) is 12.8 Å². The van der Waals surface area contributed by atoms with Crippen LogP contribution >= 0.6 is 0 Å². The molecule has 2 heterocycles. The van der Waals surface area contributed by atoms with Gasteiger partial charge >= 0.3 is 11.7 Å². The summed E-state index contributed by atoms with van der Waals surface area (Å²) in [5.74, 6) is -1.04. The highest BCUT2D eigenvalue weighted by atomic mass is 16.5. The number of hydrogen-bond donors (Lipinski definition) is 2. The number of carboxylic acid groups (broad SMARTS) is 1. The summed E-state index contributed by atoms with van der Waals surface area (Å²) < 4.78 is 6.36. The van der Waals surface area contributed by atoms with Crippen LogP contribution in [0, 0.1) is 0 Å². The molecule has 16 heavy (non-hydrogen) atoms. The fourth-order valence-electron chi connectivity index (χ4n) is 1.66. The minimum absolute atomic E-state index is 0.353. The van der Waals surface area contributed by atoms with Crippen LogP contribution in [0.5, 0.6) is 0 Å². The Labute approximate surface area is 89.3 Å². The normalized spacial score (nSPS) is 24.5. The summed E-state index contributed by atoms with van der Waals surface area (Å²) in [6.45, 7) is 0. The molecule has 0 bridgehead atoms. The van der Waals surface area contributed by atoms with E-state index in [9.17, 15) is 14.4 Å². The molecule has 7 nitrogen and oxygen atoms in total. The third kappa shape index (κ3) is 1.89. The number of carbonyl (C=O) groups is 1. The van der Waals surface area contributed by atoms with Gasteiger partial charge in [-0.15, -0.1) is 0 Å². The van der Waals surface area contributed by atoms with Gasteiger partial charge in [0.2, 0.25) is 0 Å². The third-order valence-electron chi connectivity index (χ3n) is 2.43. The Kier molecular flexibility index (Phi) is 2.61. The lowest BCUT2D eigenvalue weighted by molar-refractivity contribution is -0.151. The zero-order valence-electron chi connectivity index (χ0n) is 8.25. The van der Waals surface area contributed by atoms with Crippen molar-refractivity contribution in [2.24, 2.45) is 0 Å². The predicted molar refractivity (Wildman–Crippen MR) is 52.1 cm³/mol. The average Bonchev–Trinajstić information content (AvgIpc) is 2.66. The molecule has 1 aromatic rings. The molecule has 0 saturated carbocycles. The second-order valence-corrected chi connectivity index (χ2v) is 3.51. The topological polar surface area (TPSA) is 101 Å². The van der Waals surface area contributed by atoms with Crippen molar-refractivity contribution < 1.29 is 14.6 Å². The maximum atomic E-state index is 11.4. The Morgan fingerprint density at radius 3 is 2.81 bits per heavy atom. The van der Waals surface area contributed by atoms with Gasteiger partial charge in [-0.25, -0.2) is 9.59 Å². The molecule has 0 aliphatic carbocycles. The van der Waals surface area contributed by atoms with Crippen LogP contribution in [0.2, 0.25) is 0 Å². The summed E-state index contributed by atoms with van der Waals surface area (Å²) in [5.41, 5.74) is -1.09. The van der Waals surface area contributed by atoms with E-state index in [1.165, 1.54) is 16.8 Å². The van der Waals surface area contributed by atoms with E-state index >= 15 is 0 Å². The predicted octanol–water partition coefficient (Wildman–Crippen LogP) is -0.701. The number of rotatable bonds is 2. The molecular weight excluding hydrogens is 216 g/mol. The van der Waals surface area contributed by atoms with Crippen molar-refractivity contribution in [3.63, 3.8) is 0 Å². The van der Waals surface area contributed by atoms with Crippen molar-refractivity contribution in [1.29, 1.82) is 0 Å². The highest BCUT2D eigenvalue weighted by Crippen LogP contribution is 2.26.